The third-order valence-corrected chi connectivity index (χ3v) is 5.89. The molecular formula is C23H30F2N6O3. The van der Waals surface area contributed by atoms with Gasteiger partial charge in [0.25, 0.3) is 0 Å². The maximum atomic E-state index is 15.1. The van der Waals surface area contributed by atoms with Crippen molar-refractivity contribution in [2.75, 3.05) is 54.8 Å². The average Bonchev–Trinajstić information content (AvgIpc) is 3.00. The fraction of sp³-hybridized carbons (Fsp3) is 0.435. The van der Waals surface area contributed by atoms with Gasteiger partial charge >= 0.3 is 0 Å². The molecule has 11 heteroatoms. The van der Waals surface area contributed by atoms with Crippen LogP contribution in [0.5, 0.6) is 0 Å². The lowest BCUT2D eigenvalue weighted by molar-refractivity contribution is -0.121. The molecule has 2 aromatic rings. The first-order valence-corrected chi connectivity index (χ1v) is 11.2. The van der Waals surface area contributed by atoms with E-state index in [0.717, 1.165) is 5.56 Å². The van der Waals surface area contributed by atoms with E-state index in [9.17, 15) is 9.90 Å². The van der Waals surface area contributed by atoms with E-state index < -0.39 is 24.2 Å². The fourth-order valence-corrected chi connectivity index (χ4v) is 4.27. The summed E-state index contributed by atoms with van der Waals surface area (Å²) in [4.78, 5) is 14.1. The van der Waals surface area contributed by atoms with Crippen LogP contribution in [0.4, 0.5) is 25.8 Å². The van der Waals surface area contributed by atoms with Crippen molar-refractivity contribution in [3.8, 4) is 0 Å². The number of benzene rings is 2. The van der Waals surface area contributed by atoms with E-state index in [2.05, 4.69) is 10.7 Å². The Balaban J connectivity index is 1.42. The first-order chi connectivity index (χ1) is 16.3. The van der Waals surface area contributed by atoms with Gasteiger partial charge in [-0.25, -0.2) is 13.8 Å². The molecule has 9 nitrogen and oxygen atoms in total. The predicted molar refractivity (Wildman–Crippen MR) is 125 cm³/mol. The van der Waals surface area contributed by atoms with E-state index in [4.69, 9.17) is 10.5 Å². The van der Waals surface area contributed by atoms with Crippen LogP contribution in [0.1, 0.15) is 12.5 Å². The van der Waals surface area contributed by atoms with Crippen LogP contribution in [0, 0.1) is 11.6 Å². The molecule has 0 bridgehead atoms. The first-order valence-electron chi connectivity index (χ1n) is 11.2. The number of carbonyl (C=O) groups is 1. The molecule has 2 aromatic carbocycles. The largest absolute Gasteiger partial charge is 0.399 e. The Kier molecular flexibility index (Phi) is 7.47. The zero-order valence-corrected chi connectivity index (χ0v) is 19.0. The highest BCUT2D eigenvalue weighted by atomic mass is 19.1. The van der Waals surface area contributed by atoms with Gasteiger partial charge < -0.3 is 30.7 Å². The summed E-state index contributed by atoms with van der Waals surface area (Å²) in [6, 6.07) is 10.0. The van der Waals surface area contributed by atoms with Crippen molar-refractivity contribution in [1.29, 1.82) is 0 Å². The van der Waals surface area contributed by atoms with Gasteiger partial charge in [-0.2, -0.15) is 0 Å². The van der Waals surface area contributed by atoms with Gasteiger partial charge in [0.1, 0.15) is 5.69 Å². The summed E-state index contributed by atoms with van der Waals surface area (Å²) in [5, 5.41) is 14.8. The number of nitrogens with zero attached hydrogens (tertiary/aromatic N) is 3. The number of aliphatic hydroxyl groups is 1. The number of halogens is 2. The minimum absolute atomic E-state index is 0.0965. The third kappa shape index (κ3) is 5.73. The summed E-state index contributed by atoms with van der Waals surface area (Å²) in [5.74, 6) is -1.65. The van der Waals surface area contributed by atoms with Crippen LogP contribution in [0.2, 0.25) is 0 Å². The molecule has 5 N–H and O–H groups in total. The number of hydrogen-bond acceptors (Lipinski definition) is 8. The van der Waals surface area contributed by atoms with Crippen LogP contribution in [-0.4, -0.2) is 67.8 Å². The quantitative estimate of drug-likeness (QED) is 0.458. The van der Waals surface area contributed by atoms with Gasteiger partial charge in [0.2, 0.25) is 12.3 Å². The topological polar surface area (TPSA) is 106 Å². The fourth-order valence-electron chi connectivity index (χ4n) is 4.27. The Labute approximate surface area is 197 Å². The van der Waals surface area contributed by atoms with Gasteiger partial charge in [-0.3, -0.25) is 10.2 Å². The average molecular weight is 477 g/mol. The van der Waals surface area contributed by atoms with Gasteiger partial charge in [0.15, 0.2) is 11.6 Å². The summed E-state index contributed by atoms with van der Waals surface area (Å²) < 4.78 is 35.6. The summed E-state index contributed by atoms with van der Waals surface area (Å²) in [7, 11) is 0. The highest BCUT2D eigenvalue weighted by Crippen LogP contribution is 2.32. The van der Waals surface area contributed by atoms with Crippen molar-refractivity contribution < 1.29 is 23.4 Å². The maximum absolute atomic E-state index is 15.1. The number of hydrogen-bond donors (Lipinski definition) is 4. The second-order valence-electron chi connectivity index (χ2n) is 8.49. The van der Waals surface area contributed by atoms with Gasteiger partial charge in [0.05, 0.1) is 12.6 Å². The van der Waals surface area contributed by atoms with E-state index in [1.165, 1.54) is 24.0 Å². The molecule has 184 valence electrons. The molecule has 0 saturated carbocycles. The molecule has 2 saturated heterocycles. The minimum atomic E-state index is -1.36. The highest BCUT2D eigenvalue weighted by molar-refractivity contribution is 5.72. The number of rotatable bonds is 6. The van der Waals surface area contributed by atoms with E-state index in [0.29, 0.717) is 38.4 Å². The number of hydrazine groups is 1. The standard InChI is InChI=1S/C23H30F2N6O3/c1-15(32)27-12-19-14-31(23(33)34-19)18-10-20(24)22(21(25)11-18)29-6-5-28-30(8-7-29)13-16-3-2-4-17(26)9-16/h2-4,9-11,19,23,28,33H,5-8,12-14,26H2,1H3,(H,27,32)/t19-,23?/m0/s1. The molecule has 1 unspecified atom stereocenters. The molecular weight excluding hydrogens is 446 g/mol. The van der Waals surface area contributed by atoms with Crippen LogP contribution in [-0.2, 0) is 16.1 Å². The Morgan fingerprint density at radius 2 is 2.00 bits per heavy atom. The maximum Gasteiger partial charge on any atom is 0.238 e. The lowest BCUT2D eigenvalue weighted by atomic mass is 10.2. The number of anilines is 3. The third-order valence-electron chi connectivity index (χ3n) is 5.89. The second-order valence-corrected chi connectivity index (χ2v) is 8.49. The first kappa shape index (κ1) is 24.1. The molecule has 4 rings (SSSR count). The van der Waals surface area contributed by atoms with Crippen LogP contribution in [0.3, 0.4) is 0 Å². The molecule has 1 amide bonds. The Morgan fingerprint density at radius 1 is 1.24 bits per heavy atom. The van der Waals surface area contributed by atoms with Crippen LogP contribution in [0.15, 0.2) is 36.4 Å². The van der Waals surface area contributed by atoms with Crippen molar-refractivity contribution in [2.24, 2.45) is 0 Å². The van der Waals surface area contributed by atoms with E-state index in [1.807, 2.05) is 29.3 Å². The summed E-state index contributed by atoms with van der Waals surface area (Å²) in [6.45, 7) is 4.30. The van der Waals surface area contributed by atoms with Gasteiger partial charge in [-0.05, 0) is 29.8 Å². The number of amides is 1. The zero-order valence-electron chi connectivity index (χ0n) is 19.0. The van der Waals surface area contributed by atoms with Crippen LogP contribution >= 0.6 is 0 Å². The van der Waals surface area contributed by atoms with Gasteiger partial charge in [-0.1, -0.05) is 12.1 Å². The number of nitrogens with two attached hydrogens (primary N) is 1. The SMILES string of the molecule is CC(=O)NC[C@H]1CN(c2cc(F)c(N3CCNN(Cc4cccc(N)c4)CC3)c(F)c2)C(O)O1. The smallest absolute Gasteiger partial charge is 0.238 e. The number of nitrogens with one attached hydrogen (secondary N) is 2. The molecule has 2 heterocycles. The lowest BCUT2D eigenvalue weighted by Crippen LogP contribution is -2.38. The van der Waals surface area contributed by atoms with E-state index in [1.54, 1.807) is 4.90 Å². The number of nitrogen functional groups attached to an aromatic ring is 1. The number of ether oxygens (including phenoxy) is 1. The zero-order chi connectivity index (χ0) is 24.2. The Morgan fingerprint density at radius 3 is 2.71 bits per heavy atom. The van der Waals surface area contributed by atoms with Crippen molar-refractivity contribution in [2.45, 2.75) is 26.0 Å². The number of carbonyl (C=O) groups excluding carboxylic acids is 1. The lowest BCUT2D eigenvalue weighted by Gasteiger charge is -2.26. The van der Waals surface area contributed by atoms with Crippen molar-refractivity contribution in [1.82, 2.24) is 15.8 Å². The summed E-state index contributed by atoms with van der Waals surface area (Å²) in [6.07, 6.45) is -1.85. The second kappa shape index (κ2) is 10.5. The van der Waals surface area contributed by atoms with E-state index >= 15 is 8.78 Å². The molecule has 0 aliphatic carbocycles. The Hall–Kier alpha value is -2.99. The molecule has 2 aliphatic heterocycles. The van der Waals surface area contributed by atoms with Crippen LogP contribution < -0.4 is 26.3 Å². The van der Waals surface area contributed by atoms with E-state index in [-0.39, 0.29) is 30.4 Å². The Bertz CT molecular complexity index is 1000. The van der Waals surface area contributed by atoms with Crippen LogP contribution in [0.25, 0.3) is 0 Å². The molecule has 0 radical (unpaired) electrons. The number of aliphatic hydroxyl groups excluding tert-OH is 1. The predicted octanol–water partition coefficient (Wildman–Crippen LogP) is 0.991. The molecule has 34 heavy (non-hydrogen) atoms. The van der Waals surface area contributed by atoms with Crippen molar-refractivity contribution >= 4 is 23.0 Å². The highest BCUT2D eigenvalue weighted by Gasteiger charge is 2.33. The summed E-state index contributed by atoms with van der Waals surface area (Å²) >= 11 is 0. The molecule has 0 aromatic heterocycles. The van der Waals surface area contributed by atoms with Crippen molar-refractivity contribution in [3.05, 3.63) is 53.6 Å². The summed E-state index contributed by atoms with van der Waals surface area (Å²) in [5.41, 5.74) is 11.0. The molecule has 0 spiro atoms. The van der Waals surface area contributed by atoms with Gasteiger partial charge in [-0.15, -0.1) is 0 Å². The molecule has 2 atom stereocenters. The van der Waals surface area contributed by atoms with Crippen molar-refractivity contribution in [3.63, 3.8) is 0 Å². The monoisotopic (exact) mass is 476 g/mol. The molecule has 2 fully saturated rings. The van der Waals surface area contributed by atoms with Gasteiger partial charge in [0, 0.05) is 57.6 Å². The molecule has 2 aliphatic rings. The normalized spacial score (nSPS) is 21.5. The minimum Gasteiger partial charge on any atom is -0.399 e.